The van der Waals surface area contributed by atoms with Gasteiger partial charge in [0.1, 0.15) is 0 Å². The molecule has 2 heteroatoms. The third kappa shape index (κ3) is 3.43. The van der Waals surface area contributed by atoms with Crippen LogP contribution in [-0.2, 0) is 6.42 Å². The summed E-state index contributed by atoms with van der Waals surface area (Å²) < 4.78 is 0. The Morgan fingerprint density at radius 3 is 2.71 bits per heavy atom. The molecule has 0 radical (unpaired) electrons. The molecule has 0 bridgehead atoms. The molecular weight excluding hydrogens is 190 g/mol. The summed E-state index contributed by atoms with van der Waals surface area (Å²) in [7, 11) is 0. The SMILES string of the molecule is CCNC(Cc1ccsc1)C(C)CC. The molecule has 1 N–H and O–H groups in total. The molecule has 0 saturated carbocycles. The largest absolute Gasteiger partial charge is 0.314 e. The Bertz CT molecular complexity index is 230. The van der Waals surface area contributed by atoms with E-state index in [0.717, 1.165) is 12.5 Å². The van der Waals surface area contributed by atoms with Crippen LogP contribution in [0.3, 0.4) is 0 Å². The van der Waals surface area contributed by atoms with E-state index >= 15 is 0 Å². The number of nitrogens with one attached hydrogen (secondary N) is 1. The third-order valence-corrected chi connectivity index (χ3v) is 3.56. The Balaban J connectivity index is 2.50. The topological polar surface area (TPSA) is 12.0 Å². The molecular formula is C12H21NS. The maximum absolute atomic E-state index is 3.58. The first-order valence-electron chi connectivity index (χ1n) is 5.52. The van der Waals surface area contributed by atoms with E-state index in [-0.39, 0.29) is 0 Å². The molecule has 0 aliphatic heterocycles. The summed E-state index contributed by atoms with van der Waals surface area (Å²) in [6.45, 7) is 7.85. The van der Waals surface area contributed by atoms with Gasteiger partial charge in [-0.1, -0.05) is 27.2 Å². The highest BCUT2D eigenvalue weighted by Gasteiger charge is 2.14. The van der Waals surface area contributed by atoms with E-state index in [2.05, 4.69) is 42.9 Å². The second-order valence-corrected chi connectivity index (χ2v) is 4.67. The van der Waals surface area contributed by atoms with E-state index in [0.29, 0.717) is 6.04 Å². The molecule has 1 rings (SSSR count). The molecule has 1 aromatic heterocycles. The van der Waals surface area contributed by atoms with E-state index in [1.165, 1.54) is 18.4 Å². The van der Waals surface area contributed by atoms with Crippen LogP contribution in [0.25, 0.3) is 0 Å². The van der Waals surface area contributed by atoms with Crippen molar-refractivity contribution in [3.05, 3.63) is 22.4 Å². The number of hydrogen-bond donors (Lipinski definition) is 1. The summed E-state index contributed by atoms with van der Waals surface area (Å²) in [5.41, 5.74) is 1.47. The molecule has 2 atom stereocenters. The van der Waals surface area contributed by atoms with E-state index < -0.39 is 0 Å². The van der Waals surface area contributed by atoms with Crippen molar-refractivity contribution < 1.29 is 0 Å². The first-order chi connectivity index (χ1) is 6.77. The smallest absolute Gasteiger partial charge is 0.0133 e. The highest BCUT2D eigenvalue weighted by molar-refractivity contribution is 7.07. The molecule has 0 aromatic carbocycles. The molecule has 2 unspecified atom stereocenters. The molecule has 0 spiro atoms. The van der Waals surface area contributed by atoms with Crippen molar-refractivity contribution in [1.29, 1.82) is 0 Å². The number of thiophene rings is 1. The quantitative estimate of drug-likeness (QED) is 0.761. The maximum atomic E-state index is 3.58. The molecule has 0 amide bonds. The second kappa shape index (κ2) is 6.20. The molecule has 0 fully saturated rings. The Morgan fingerprint density at radius 2 is 2.21 bits per heavy atom. The van der Waals surface area contributed by atoms with Crippen LogP contribution < -0.4 is 5.32 Å². The average Bonchev–Trinajstić information content (AvgIpc) is 2.68. The molecule has 1 nitrogen and oxygen atoms in total. The fourth-order valence-electron chi connectivity index (χ4n) is 1.68. The summed E-state index contributed by atoms with van der Waals surface area (Å²) in [5, 5.41) is 7.99. The van der Waals surface area contributed by atoms with Crippen LogP contribution >= 0.6 is 11.3 Å². The highest BCUT2D eigenvalue weighted by atomic mass is 32.1. The predicted octanol–water partition coefficient (Wildman–Crippen LogP) is 3.31. The molecule has 1 heterocycles. The minimum Gasteiger partial charge on any atom is -0.314 e. The number of rotatable bonds is 6. The predicted molar refractivity (Wildman–Crippen MR) is 64.9 cm³/mol. The van der Waals surface area contributed by atoms with Gasteiger partial charge in [-0.15, -0.1) is 0 Å². The van der Waals surface area contributed by atoms with Gasteiger partial charge < -0.3 is 5.32 Å². The lowest BCUT2D eigenvalue weighted by molar-refractivity contribution is 0.371. The summed E-state index contributed by atoms with van der Waals surface area (Å²) in [6.07, 6.45) is 2.42. The molecule has 0 saturated heterocycles. The van der Waals surface area contributed by atoms with Gasteiger partial charge in [0.15, 0.2) is 0 Å². The van der Waals surface area contributed by atoms with Crippen LogP contribution in [0.4, 0.5) is 0 Å². The molecule has 0 aliphatic carbocycles. The van der Waals surface area contributed by atoms with Gasteiger partial charge in [0.25, 0.3) is 0 Å². The fraction of sp³-hybridized carbons (Fsp3) is 0.667. The Kier molecular flexibility index (Phi) is 5.20. The van der Waals surface area contributed by atoms with Crippen LogP contribution in [0.1, 0.15) is 32.8 Å². The van der Waals surface area contributed by atoms with Crippen molar-refractivity contribution in [3.63, 3.8) is 0 Å². The van der Waals surface area contributed by atoms with Crippen molar-refractivity contribution in [3.8, 4) is 0 Å². The van der Waals surface area contributed by atoms with Crippen LogP contribution in [0.2, 0.25) is 0 Å². The molecule has 1 aromatic rings. The zero-order valence-electron chi connectivity index (χ0n) is 9.42. The summed E-state index contributed by atoms with van der Waals surface area (Å²) >= 11 is 1.79. The summed E-state index contributed by atoms with van der Waals surface area (Å²) in [5.74, 6) is 0.759. The molecule has 0 aliphatic rings. The summed E-state index contributed by atoms with van der Waals surface area (Å²) in [6, 6.07) is 2.87. The van der Waals surface area contributed by atoms with Crippen LogP contribution in [0.15, 0.2) is 16.8 Å². The van der Waals surface area contributed by atoms with Crippen molar-refractivity contribution in [2.75, 3.05) is 6.54 Å². The third-order valence-electron chi connectivity index (χ3n) is 2.83. The first kappa shape index (κ1) is 11.7. The van der Waals surface area contributed by atoms with Gasteiger partial charge in [0, 0.05) is 6.04 Å². The van der Waals surface area contributed by atoms with E-state index in [9.17, 15) is 0 Å². The van der Waals surface area contributed by atoms with Gasteiger partial charge in [-0.25, -0.2) is 0 Å². The van der Waals surface area contributed by atoms with E-state index in [1.807, 2.05) is 0 Å². The lowest BCUT2D eigenvalue weighted by Gasteiger charge is -2.23. The van der Waals surface area contributed by atoms with Crippen LogP contribution in [0.5, 0.6) is 0 Å². The second-order valence-electron chi connectivity index (χ2n) is 3.89. The minimum absolute atomic E-state index is 0.639. The van der Waals surface area contributed by atoms with Crippen molar-refractivity contribution in [2.24, 2.45) is 5.92 Å². The van der Waals surface area contributed by atoms with E-state index in [4.69, 9.17) is 0 Å². The first-order valence-corrected chi connectivity index (χ1v) is 6.46. The Hall–Kier alpha value is -0.340. The zero-order chi connectivity index (χ0) is 10.4. The molecule has 14 heavy (non-hydrogen) atoms. The fourth-order valence-corrected chi connectivity index (χ4v) is 2.37. The Morgan fingerprint density at radius 1 is 1.43 bits per heavy atom. The standard InChI is InChI=1S/C12H21NS/c1-4-10(3)12(13-5-2)8-11-6-7-14-9-11/h6-7,9-10,12-13H,4-5,8H2,1-3H3. The Labute approximate surface area is 91.5 Å². The van der Waals surface area contributed by atoms with Gasteiger partial charge in [-0.3, -0.25) is 0 Å². The van der Waals surface area contributed by atoms with Gasteiger partial charge in [0.2, 0.25) is 0 Å². The van der Waals surface area contributed by atoms with Crippen molar-refractivity contribution in [1.82, 2.24) is 5.32 Å². The number of hydrogen-bond acceptors (Lipinski definition) is 2. The van der Waals surface area contributed by atoms with Gasteiger partial charge in [0.05, 0.1) is 0 Å². The number of likely N-dealkylation sites (N-methyl/N-ethyl adjacent to an activating group) is 1. The van der Waals surface area contributed by atoms with Crippen molar-refractivity contribution in [2.45, 2.75) is 39.7 Å². The lowest BCUT2D eigenvalue weighted by atomic mass is 9.94. The van der Waals surface area contributed by atoms with Gasteiger partial charge in [-0.05, 0) is 41.3 Å². The average molecular weight is 211 g/mol. The minimum atomic E-state index is 0.639. The monoisotopic (exact) mass is 211 g/mol. The summed E-state index contributed by atoms with van der Waals surface area (Å²) in [4.78, 5) is 0. The zero-order valence-corrected chi connectivity index (χ0v) is 10.2. The van der Waals surface area contributed by atoms with Gasteiger partial charge in [-0.2, -0.15) is 11.3 Å². The highest BCUT2D eigenvalue weighted by Crippen LogP contribution is 2.15. The molecule has 80 valence electrons. The van der Waals surface area contributed by atoms with Gasteiger partial charge >= 0.3 is 0 Å². The van der Waals surface area contributed by atoms with Crippen LogP contribution in [-0.4, -0.2) is 12.6 Å². The maximum Gasteiger partial charge on any atom is 0.0133 e. The van der Waals surface area contributed by atoms with E-state index in [1.54, 1.807) is 11.3 Å². The van der Waals surface area contributed by atoms with Crippen LogP contribution in [0, 0.1) is 5.92 Å². The van der Waals surface area contributed by atoms with Crippen molar-refractivity contribution >= 4 is 11.3 Å². The lowest BCUT2D eigenvalue weighted by Crippen LogP contribution is -2.36. The normalized spacial score (nSPS) is 15.4.